The molecule has 0 radical (unpaired) electrons. The number of dihydropyridines is 1. The van der Waals surface area contributed by atoms with Gasteiger partial charge in [-0.15, -0.1) is 0 Å². The minimum Gasteiger partial charge on any atom is -0.496 e. The van der Waals surface area contributed by atoms with E-state index in [1.54, 1.807) is 37.0 Å². The second kappa shape index (κ2) is 8.50. The van der Waals surface area contributed by atoms with E-state index in [-0.39, 0.29) is 11.3 Å². The van der Waals surface area contributed by atoms with Crippen molar-refractivity contribution in [1.29, 1.82) is 5.41 Å². The molecule has 0 unspecified atom stereocenters. The predicted molar refractivity (Wildman–Crippen MR) is 131 cm³/mol. The van der Waals surface area contributed by atoms with Gasteiger partial charge in [-0.05, 0) is 31.6 Å². The van der Waals surface area contributed by atoms with Gasteiger partial charge in [0.15, 0.2) is 0 Å². The molecule has 0 bridgehead atoms. The molecular weight excluding hydrogens is 423 g/mol. The Morgan fingerprint density at radius 1 is 1.36 bits per heavy atom. The van der Waals surface area contributed by atoms with Crippen LogP contribution in [0.4, 0.5) is 4.39 Å². The molecule has 0 aliphatic carbocycles. The molecule has 1 aromatic carbocycles. The summed E-state index contributed by atoms with van der Waals surface area (Å²) in [5.74, 6) is -0.739. The van der Waals surface area contributed by atoms with Crippen molar-refractivity contribution in [3.8, 4) is 5.75 Å². The third-order valence-corrected chi connectivity index (χ3v) is 5.82. The number of aryl methyl sites for hydroxylation is 1. The molecular formula is C24H25FN6O2. The van der Waals surface area contributed by atoms with Gasteiger partial charge in [0.25, 0.3) is 0 Å². The molecule has 8 nitrogen and oxygen atoms in total. The molecule has 1 aliphatic rings. The Morgan fingerprint density at radius 3 is 2.76 bits per heavy atom. The minimum atomic E-state index is -1.11. The number of fused-ring (bicyclic) bond motifs is 3. The van der Waals surface area contributed by atoms with Gasteiger partial charge in [-0.1, -0.05) is 6.08 Å². The fourth-order valence-electron chi connectivity index (χ4n) is 4.05. The van der Waals surface area contributed by atoms with Crippen LogP contribution in [-0.2, 0) is 7.05 Å². The minimum absolute atomic E-state index is 0.0314. The second-order valence-electron chi connectivity index (χ2n) is 7.69. The van der Waals surface area contributed by atoms with E-state index in [1.807, 2.05) is 26.0 Å². The van der Waals surface area contributed by atoms with Crippen molar-refractivity contribution in [2.45, 2.75) is 13.8 Å². The number of aromatic nitrogens is 3. The zero-order valence-corrected chi connectivity index (χ0v) is 19.2. The third-order valence-electron chi connectivity index (χ3n) is 5.82. The van der Waals surface area contributed by atoms with Gasteiger partial charge in [0.1, 0.15) is 5.75 Å². The average molecular weight is 449 g/mol. The van der Waals surface area contributed by atoms with Crippen molar-refractivity contribution >= 4 is 44.9 Å². The predicted octanol–water partition coefficient (Wildman–Crippen LogP) is 3.67. The second-order valence-corrected chi connectivity index (χ2v) is 7.69. The average Bonchev–Trinajstić information content (AvgIpc) is 3.07. The Hall–Kier alpha value is -4.01. The largest absolute Gasteiger partial charge is 0.496 e. The van der Waals surface area contributed by atoms with Crippen molar-refractivity contribution in [1.82, 2.24) is 19.4 Å². The van der Waals surface area contributed by atoms with Crippen LogP contribution < -0.4 is 15.7 Å². The summed E-state index contributed by atoms with van der Waals surface area (Å²) in [4.78, 5) is 22.5. The molecule has 2 N–H and O–H groups in total. The van der Waals surface area contributed by atoms with Crippen LogP contribution in [0.5, 0.6) is 5.75 Å². The molecule has 3 aromatic rings. The third kappa shape index (κ3) is 3.55. The lowest BCUT2D eigenvalue weighted by atomic mass is 10.0. The normalized spacial score (nSPS) is 15.7. The Balaban J connectivity index is 2.17. The molecule has 0 spiro atoms. The van der Waals surface area contributed by atoms with E-state index in [0.29, 0.717) is 45.5 Å². The molecule has 1 aliphatic heterocycles. The van der Waals surface area contributed by atoms with Gasteiger partial charge in [0, 0.05) is 37.3 Å². The molecule has 170 valence electrons. The van der Waals surface area contributed by atoms with Gasteiger partial charge in [-0.25, -0.2) is 4.79 Å². The van der Waals surface area contributed by atoms with Crippen LogP contribution in [0.2, 0.25) is 0 Å². The molecule has 0 saturated carbocycles. The van der Waals surface area contributed by atoms with Crippen molar-refractivity contribution in [2.75, 3.05) is 20.7 Å². The van der Waals surface area contributed by atoms with Gasteiger partial charge in [0.05, 0.1) is 53.4 Å². The Bertz CT molecular complexity index is 1490. The first-order valence-corrected chi connectivity index (χ1v) is 10.4. The monoisotopic (exact) mass is 448 g/mol. The van der Waals surface area contributed by atoms with Crippen LogP contribution in [0.1, 0.15) is 19.4 Å². The van der Waals surface area contributed by atoms with Crippen LogP contribution in [0, 0.1) is 5.41 Å². The van der Waals surface area contributed by atoms with Gasteiger partial charge in [-0.3, -0.25) is 24.5 Å². The molecule has 3 heterocycles. The van der Waals surface area contributed by atoms with Crippen molar-refractivity contribution in [3.63, 3.8) is 0 Å². The smallest absolute Gasteiger partial charge is 0.333 e. The summed E-state index contributed by atoms with van der Waals surface area (Å²) >= 11 is 0. The zero-order valence-electron chi connectivity index (χ0n) is 19.2. The number of halogens is 1. The molecule has 9 heteroatoms. The van der Waals surface area contributed by atoms with Gasteiger partial charge in [-0.2, -0.15) is 4.39 Å². The number of allylic oxidation sites excluding steroid dienone is 3. The highest BCUT2D eigenvalue weighted by molar-refractivity contribution is 6.22. The van der Waals surface area contributed by atoms with E-state index in [1.165, 1.54) is 17.9 Å². The quantitative estimate of drug-likeness (QED) is 0.582. The number of nitrogens with zero attached hydrogens (tertiary/aromatic N) is 4. The summed E-state index contributed by atoms with van der Waals surface area (Å²) in [6.45, 7) is 4.37. The number of aliphatic imine (C=N–C) groups is 1. The number of nitrogens with one attached hydrogen (secondary N) is 2. The SMILES string of the molecule is C/C=C1\C=C(n2c(=O)n(C)c3cnc4cc(OC)c(/C(=C/NC)C(=N)F)cc4c32)C(C)=NC1. The highest BCUT2D eigenvalue weighted by Gasteiger charge is 2.23. The molecule has 2 aromatic heterocycles. The standard InChI is InChI=1S/C24H25FN6O2/c1-6-14-7-19(13(2)28-10-14)31-22-16-8-15(17(11-27-3)23(25)26)21(33-5)9-18(16)29-12-20(22)30(4)24(31)32/h6-9,11-12,26-27H,10H2,1-5H3/b14-6+,17-11-,26-23?. The van der Waals surface area contributed by atoms with Crippen LogP contribution in [-0.4, -0.2) is 46.5 Å². The van der Waals surface area contributed by atoms with E-state index < -0.39 is 5.97 Å². The number of hydrogen-bond acceptors (Lipinski definition) is 6. The summed E-state index contributed by atoms with van der Waals surface area (Å²) < 4.78 is 22.8. The number of methoxy groups -OCH3 is 1. The Labute approximate surface area is 189 Å². The molecule has 0 atom stereocenters. The first-order chi connectivity index (χ1) is 15.8. The summed E-state index contributed by atoms with van der Waals surface area (Å²) in [7, 11) is 4.79. The lowest BCUT2D eigenvalue weighted by Crippen LogP contribution is -2.25. The summed E-state index contributed by atoms with van der Waals surface area (Å²) in [6, 6.07) is 3.40. The number of rotatable bonds is 5. The van der Waals surface area contributed by atoms with E-state index in [4.69, 9.17) is 10.1 Å². The number of pyridine rings is 1. The lowest BCUT2D eigenvalue weighted by Gasteiger charge is -2.16. The number of benzene rings is 1. The molecule has 4 rings (SSSR count). The molecule has 0 amide bonds. The maximum absolute atomic E-state index is 14.2. The first-order valence-electron chi connectivity index (χ1n) is 10.4. The van der Waals surface area contributed by atoms with E-state index in [0.717, 1.165) is 11.3 Å². The maximum Gasteiger partial charge on any atom is 0.333 e. The molecule has 0 fully saturated rings. The van der Waals surface area contributed by atoms with Gasteiger partial charge >= 0.3 is 5.69 Å². The highest BCUT2D eigenvalue weighted by Crippen LogP contribution is 2.35. The van der Waals surface area contributed by atoms with E-state index in [2.05, 4.69) is 15.3 Å². The summed E-state index contributed by atoms with van der Waals surface area (Å²) in [5.41, 5.74) is 4.43. The maximum atomic E-state index is 14.2. The van der Waals surface area contributed by atoms with Gasteiger partial charge in [0.2, 0.25) is 5.97 Å². The van der Waals surface area contributed by atoms with Crippen molar-refractivity contribution in [2.24, 2.45) is 12.0 Å². The fraction of sp³-hybridized carbons (Fsp3) is 0.250. The Morgan fingerprint density at radius 2 is 2.12 bits per heavy atom. The highest BCUT2D eigenvalue weighted by atomic mass is 19.1. The fourth-order valence-corrected chi connectivity index (χ4v) is 4.05. The van der Waals surface area contributed by atoms with Gasteiger partial charge < -0.3 is 10.1 Å². The first kappa shape index (κ1) is 22.2. The van der Waals surface area contributed by atoms with Crippen LogP contribution in [0.25, 0.3) is 33.2 Å². The topological polar surface area (TPSA) is 97.3 Å². The van der Waals surface area contributed by atoms with E-state index >= 15 is 0 Å². The van der Waals surface area contributed by atoms with Crippen LogP contribution in [0.3, 0.4) is 0 Å². The van der Waals surface area contributed by atoms with Crippen molar-refractivity contribution in [3.05, 3.63) is 58.3 Å². The van der Waals surface area contributed by atoms with E-state index in [9.17, 15) is 9.18 Å². The summed E-state index contributed by atoms with van der Waals surface area (Å²) in [5, 5.41) is 11.0. The Kier molecular flexibility index (Phi) is 5.71. The van der Waals surface area contributed by atoms with Crippen LogP contribution in [0.15, 0.2) is 52.0 Å². The van der Waals surface area contributed by atoms with Crippen LogP contribution >= 0.6 is 0 Å². The number of ether oxygens (including phenoxy) is 1. The summed E-state index contributed by atoms with van der Waals surface area (Å²) in [6.07, 6.45) is 6.97. The lowest BCUT2D eigenvalue weighted by molar-refractivity contribution is 0.414. The van der Waals surface area contributed by atoms with Crippen molar-refractivity contribution < 1.29 is 9.13 Å². The molecule has 0 saturated heterocycles. The molecule has 33 heavy (non-hydrogen) atoms. The number of hydrogen-bond donors (Lipinski definition) is 2. The zero-order chi connectivity index (χ0) is 23.9. The number of imidazole rings is 1.